The first-order valence-electron chi connectivity index (χ1n) is 4.25. The van der Waals surface area contributed by atoms with E-state index in [1.54, 1.807) is 6.08 Å². The number of carbonyl (C=O) groups is 1. The molecule has 1 heterocycles. The van der Waals surface area contributed by atoms with Crippen LogP contribution >= 0.6 is 28.1 Å². The van der Waals surface area contributed by atoms with E-state index >= 15 is 0 Å². The van der Waals surface area contributed by atoms with Gasteiger partial charge in [0, 0.05) is 4.47 Å². The number of thiocarbonyl (C=S) groups is 1. The Labute approximate surface area is 101 Å². The molecular formula is C10H7BrN2OS. The molecule has 0 spiro atoms. The van der Waals surface area contributed by atoms with Crippen molar-refractivity contribution in [2.75, 3.05) is 0 Å². The van der Waals surface area contributed by atoms with Crippen LogP contribution in [0.3, 0.4) is 0 Å². The highest BCUT2D eigenvalue weighted by molar-refractivity contribution is 9.10. The minimum atomic E-state index is -0.198. The molecule has 3 nitrogen and oxygen atoms in total. The maximum Gasteiger partial charge on any atom is 0.273 e. The first-order chi connectivity index (χ1) is 7.16. The number of amides is 1. The first kappa shape index (κ1) is 10.3. The highest BCUT2D eigenvalue weighted by atomic mass is 79.9. The Balaban J connectivity index is 2.35. The fourth-order valence-corrected chi connectivity index (χ4v) is 1.83. The molecule has 0 aliphatic carbocycles. The van der Waals surface area contributed by atoms with Crippen LogP contribution in [0.25, 0.3) is 6.08 Å². The number of carbonyl (C=O) groups excluding carboxylic acids is 1. The molecule has 0 aromatic heterocycles. The Morgan fingerprint density at radius 3 is 2.60 bits per heavy atom. The molecule has 1 aliphatic heterocycles. The van der Waals surface area contributed by atoms with Gasteiger partial charge < -0.3 is 5.32 Å². The molecule has 1 saturated heterocycles. The number of rotatable bonds is 1. The SMILES string of the molecule is O=C1NC(=S)NC1=Cc1ccccc1Br. The summed E-state index contributed by atoms with van der Waals surface area (Å²) in [5.41, 5.74) is 1.40. The molecule has 76 valence electrons. The van der Waals surface area contributed by atoms with Gasteiger partial charge in [-0.15, -0.1) is 0 Å². The van der Waals surface area contributed by atoms with Gasteiger partial charge in [0.05, 0.1) is 0 Å². The molecule has 2 rings (SSSR count). The zero-order valence-corrected chi connectivity index (χ0v) is 9.98. The highest BCUT2D eigenvalue weighted by Crippen LogP contribution is 2.18. The molecular weight excluding hydrogens is 276 g/mol. The van der Waals surface area contributed by atoms with Gasteiger partial charge in [-0.3, -0.25) is 10.1 Å². The smallest absolute Gasteiger partial charge is 0.273 e. The summed E-state index contributed by atoms with van der Waals surface area (Å²) in [4.78, 5) is 11.4. The van der Waals surface area contributed by atoms with Crippen LogP contribution in [0.5, 0.6) is 0 Å². The van der Waals surface area contributed by atoms with Gasteiger partial charge in [0.1, 0.15) is 5.70 Å². The van der Waals surface area contributed by atoms with Crippen LogP contribution in [0, 0.1) is 0 Å². The molecule has 0 atom stereocenters. The summed E-state index contributed by atoms with van der Waals surface area (Å²) in [6.45, 7) is 0. The summed E-state index contributed by atoms with van der Waals surface area (Å²) < 4.78 is 0.935. The second-order valence-corrected chi connectivity index (χ2v) is 4.25. The Hall–Kier alpha value is -1.20. The normalized spacial score (nSPS) is 17.8. The maximum atomic E-state index is 11.4. The molecule has 1 aromatic carbocycles. The van der Waals surface area contributed by atoms with Crippen molar-refractivity contribution in [1.29, 1.82) is 0 Å². The zero-order chi connectivity index (χ0) is 10.8. The summed E-state index contributed by atoms with van der Waals surface area (Å²) in [5, 5.41) is 5.64. The molecule has 1 fully saturated rings. The Kier molecular flexibility index (Phi) is 2.83. The van der Waals surface area contributed by atoms with E-state index in [9.17, 15) is 4.79 Å². The van der Waals surface area contributed by atoms with Gasteiger partial charge in [0.2, 0.25) is 0 Å². The van der Waals surface area contributed by atoms with Crippen LogP contribution in [0.4, 0.5) is 0 Å². The van der Waals surface area contributed by atoms with Crippen LogP contribution in [0.1, 0.15) is 5.56 Å². The molecule has 0 radical (unpaired) electrons. The van der Waals surface area contributed by atoms with Crippen LogP contribution in [-0.4, -0.2) is 11.0 Å². The van der Waals surface area contributed by atoms with Crippen molar-refractivity contribution < 1.29 is 4.79 Å². The standard InChI is InChI=1S/C10H7BrN2OS/c11-7-4-2-1-3-6(7)5-8-9(14)13-10(15)12-8/h1-5H,(H2,12,13,14,15). The minimum Gasteiger partial charge on any atom is -0.328 e. The van der Waals surface area contributed by atoms with Crippen molar-refractivity contribution in [1.82, 2.24) is 10.6 Å². The third kappa shape index (κ3) is 2.24. The van der Waals surface area contributed by atoms with Gasteiger partial charge in [0.15, 0.2) is 5.11 Å². The third-order valence-corrected chi connectivity index (χ3v) is 2.85. The lowest BCUT2D eigenvalue weighted by molar-refractivity contribution is -0.115. The Morgan fingerprint density at radius 1 is 1.27 bits per heavy atom. The van der Waals surface area contributed by atoms with Crippen molar-refractivity contribution in [2.45, 2.75) is 0 Å². The molecule has 15 heavy (non-hydrogen) atoms. The third-order valence-electron chi connectivity index (χ3n) is 1.92. The number of benzene rings is 1. The fourth-order valence-electron chi connectivity index (χ4n) is 1.23. The topological polar surface area (TPSA) is 41.1 Å². The number of hydrogen-bond acceptors (Lipinski definition) is 2. The lowest BCUT2D eigenvalue weighted by atomic mass is 10.2. The second kappa shape index (κ2) is 4.12. The first-order valence-corrected chi connectivity index (χ1v) is 5.45. The van der Waals surface area contributed by atoms with Crippen LogP contribution in [-0.2, 0) is 4.79 Å². The highest BCUT2D eigenvalue weighted by Gasteiger charge is 2.19. The predicted octanol–water partition coefficient (Wildman–Crippen LogP) is 1.79. The molecule has 5 heteroatoms. The Bertz CT molecular complexity index is 470. The van der Waals surface area contributed by atoms with Gasteiger partial charge in [-0.1, -0.05) is 34.1 Å². The number of hydrogen-bond donors (Lipinski definition) is 2. The van der Waals surface area contributed by atoms with Crippen LogP contribution in [0.15, 0.2) is 34.4 Å². The van der Waals surface area contributed by atoms with Crippen molar-refractivity contribution in [3.8, 4) is 0 Å². The van der Waals surface area contributed by atoms with Gasteiger partial charge in [-0.05, 0) is 29.9 Å². The zero-order valence-electron chi connectivity index (χ0n) is 7.58. The van der Waals surface area contributed by atoms with Crippen molar-refractivity contribution in [2.24, 2.45) is 0 Å². The number of halogens is 1. The van der Waals surface area contributed by atoms with Gasteiger partial charge >= 0.3 is 0 Å². The molecule has 2 N–H and O–H groups in total. The van der Waals surface area contributed by atoms with E-state index in [0.717, 1.165) is 10.0 Å². The summed E-state index contributed by atoms with van der Waals surface area (Å²) in [5.74, 6) is -0.198. The summed E-state index contributed by atoms with van der Waals surface area (Å²) >= 11 is 8.23. The molecule has 0 bridgehead atoms. The van der Waals surface area contributed by atoms with E-state index in [1.165, 1.54) is 0 Å². The number of nitrogens with one attached hydrogen (secondary N) is 2. The van der Waals surface area contributed by atoms with E-state index in [0.29, 0.717) is 10.8 Å². The average molecular weight is 283 g/mol. The molecule has 1 amide bonds. The van der Waals surface area contributed by atoms with Crippen molar-refractivity contribution in [3.05, 3.63) is 40.0 Å². The van der Waals surface area contributed by atoms with Crippen LogP contribution < -0.4 is 10.6 Å². The van der Waals surface area contributed by atoms with Gasteiger partial charge in [-0.2, -0.15) is 0 Å². The predicted molar refractivity (Wildman–Crippen MR) is 66.0 cm³/mol. The van der Waals surface area contributed by atoms with Crippen molar-refractivity contribution >= 4 is 45.2 Å². The lowest BCUT2D eigenvalue weighted by Crippen LogP contribution is -2.21. The van der Waals surface area contributed by atoms with E-state index in [4.69, 9.17) is 12.2 Å². The fraction of sp³-hybridized carbons (Fsp3) is 0. The van der Waals surface area contributed by atoms with Gasteiger partial charge in [0.25, 0.3) is 5.91 Å². The lowest BCUT2D eigenvalue weighted by Gasteiger charge is -1.98. The maximum absolute atomic E-state index is 11.4. The summed E-state index contributed by atoms with van der Waals surface area (Å²) in [6, 6.07) is 7.65. The van der Waals surface area contributed by atoms with Gasteiger partial charge in [-0.25, -0.2) is 0 Å². The van der Waals surface area contributed by atoms with Crippen LogP contribution in [0.2, 0.25) is 0 Å². The molecule has 0 saturated carbocycles. The Morgan fingerprint density at radius 2 is 2.00 bits per heavy atom. The molecule has 1 aromatic rings. The molecule has 0 unspecified atom stereocenters. The largest absolute Gasteiger partial charge is 0.328 e. The molecule has 1 aliphatic rings. The van der Waals surface area contributed by atoms with Crippen molar-refractivity contribution in [3.63, 3.8) is 0 Å². The minimum absolute atomic E-state index is 0.198. The second-order valence-electron chi connectivity index (χ2n) is 2.99. The summed E-state index contributed by atoms with van der Waals surface area (Å²) in [6.07, 6.45) is 1.75. The average Bonchev–Trinajstić information content (AvgIpc) is 2.49. The summed E-state index contributed by atoms with van der Waals surface area (Å²) in [7, 11) is 0. The van der Waals surface area contributed by atoms with E-state index < -0.39 is 0 Å². The van der Waals surface area contributed by atoms with E-state index in [1.807, 2.05) is 24.3 Å². The monoisotopic (exact) mass is 282 g/mol. The quantitative estimate of drug-likeness (QED) is 0.610. The van der Waals surface area contributed by atoms with E-state index in [2.05, 4.69) is 26.6 Å². The van der Waals surface area contributed by atoms with E-state index in [-0.39, 0.29) is 5.91 Å².